The third-order valence-corrected chi connectivity index (χ3v) is 5.09. The first-order chi connectivity index (χ1) is 9.22. The summed E-state index contributed by atoms with van der Waals surface area (Å²) in [4.78, 5) is 7.22. The van der Waals surface area contributed by atoms with Crippen molar-refractivity contribution in [3.63, 3.8) is 0 Å². The van der Waals surface area contributed by atoms with Crippen LogP contribution in [0.4, 0.5) is 0 Å². The molecule has 1 aliphatic rings. The molecule has 0 aliphatic carbocycles. The number of hydrogen-bond acceptors (Lipinski definition) is 4. The van der Waals surface area contributed by atoms with Crippen molar-refractivity contribution in [3.8, 4) is 0 Å². The Labute approximate surface area is 142 Å². The van der Waals surface area contributed by atoms with Crippen LogP contribution < -0.4 is 5.73 Å². The maximum atomic E-state index is 5.99. The molecule has 1 atom stereocenters. The van der Waals surface area contributed by atoms with Crippen molar-refractivity contribution < 1.29 is 0 Å². The van der Waals surface area contributed by atoms with Crippen molar-refractivity contribution in [2.24, 2.45) is 11.7 Å². The molecule has 0 saturated carbocycles. The first kappa shape index (κ1) is 18.7. The van der Waals surface area contributed by atoms with Crippen LogP contribution in [-0.2, 0) is 6.54 Å². The lowest BCUT2D eigenvalue weighted by atomic mass is 9.91. The minimum Gasteiger partial charge on any atom is -0.328 e. The first-order valence-corrected chi connectivity index (χ1v) is 7.86. The van der Waals surface area contributed by atoms with Gasteiger partial charge in [0.1, 0.15) is 5.01 Å². The Morgan fingerprint density at radius 1 is 1.29 bits per heavy atom. The van der Waals surface area contributed by atoms with Crippen molar-refractivity contribution in [2.45, 2.75) is 32.4 Å². The highest BCUT2D eigenvalue weighted by Gasteiger charge is 2.22. The van der Waals surface area contributed by atoms with E-state index in [1.54, 1.807) is 0 Å². The molecule has 6 heteroatoms. The average Bonchev–Trinajstić information content (AvgIpc) is 2.81. The summed E-state index contributed by atoms with van der Waals surface area (Å²) in [6, 6.07) is 8.72. The topological polar surface area (TPSA) is 42.1 Å². The van der Waals surface area contributed by atoms with E-state index < -0.39 is 0 Å². The number of hydrogen-bond donors (Lipinski definition) is 1. The van der Waals surface area contributed by atoms with E-state index in [1.807, 2.05) is 11.3 Å². The number of halogens is 2. The summed E-state index contributed by atoms with van der Waals surface area (Å²) >= 11 is 1.82. The number of piperidine rings is 1. The van der Waals surface area contributed by atoms with E-state index in [0.29, 0.717) is 12.0 Å². The van der Waals surface area contributed by atoms with Crippen LogP contribution in [0.3, 0.4) is 0 Å². The second-order valence-corrected chi connectivity index (χ2v) is 6.66. The Morgan fingerprint density at radius 2 is 1.95 bits per heavy atom. The van der Waals surface area contributed by atoms with Gasteiger partial charge in [-0.3, -0.25) is 4.90 Å². The summed E-state index contributed by atoms with van der Waals surface area (Å²) < 4.78 is 1.29. The fourth-order valence-electron chi connectivity index (χ4n) is 2.82. The van der Waals surface area contributed by atoms with E-state index in [0.717, 1.165) is 25.2 Å². The maximum Gasteiger partial charge on any atom is 0.108 e. The molecule has 1 saturated heterocycles. The average molecular weight is 348 g/mol. The Bertz CT molecular complexity index is 518. The normalized spacial score (nSPS) is 18.0. The Hall–Kier alpha value is -0.390. The van der Waals surface area contributed by atoms with Crippen molar-refractivity contribution in [2.75, 3.05) is 13.1 Å². The second kappa shape index (κ2) is 8.30. The van der Waals surface area contributed by atoms with Crippen molar-refractivity contribution >= 4 is 46.4 Å². The standard InChI is InChI=1S/C15H21N3S.2ClH/c1-11(16)12-6-8-18(9-7-12)10-15-17-13-4-2-3-5-14(13)19-15;;/h2-5,11-12H,6-10,16H2,1H3;2*1H. The minimum absolute atomic E-state index is 0. The molecule has 1 aromatic heterocycles. The van der Waals surface area contributed by atoms with Crippen LogP contribution in [0.2, 0.25) is 0 Å². The van der Waals surface area contributed by atoms with Gasteiger partial charge in [-0.25, -0.2) is 4.98 Å². The summed E-state index contributed by atoms with van der Waals surface area (Å²) in [5.41, 5.74) is 7.12. The lowest BCUT2D eigenvalue weighted by Gasteiger charge is -2.33. The van der Waals surface area contributed by atoms with Gasteiger partial charge in [0.25, 0.3) is 0 Å². The summed E-state index contributed by atoms with van der Waals surface area (Å²) in [6.45, 7) is 5.43. The molecule has 2 aromatic rings. The highest BCUT2D eigenvalue weighted by Crippen LogP contribution is 2.25. The number of para-hydroxylation sites is 1. The third kappa shape index (κ3) is 4.54. The monoisotopic (exact) mass is 347 g/mol. The van der Waals surface area contributed by atoms with Crippen LogP contribution in [0, 0.1) is 5.92 Å². The Morgan fingerprint density at radius 3 is 2.57 bits per heavy atom. The molecule has 1 aromatic carbocycles. The van der Waals surface area contributed by atoms with Gasteiger partial charge in [-0.1, -0.05) is 12.1 Å². The molecule has 2 N–H and O–H groups in total. The van der Waals surface area contributed by atoms with Crippen LogP contribution in [0.5, 0.6) is 0 Å². The molecule has 1 aliphatic heterocycles. The fraction of sp³-hybridized carbons (Fsp3) is 0.533. The number of benzene rings is 1. The first-order valence-electron chi connectivity index (χ1n) is 7.05. The molecular formula is C15H23Cl2N3S. The molecule has 2 heterocycles. The molecule has 0 spiro atoms. The van der Waals surface area contributed by atoms with Crippen LogP contribution >= 0.6 is 36.2 Å². The Kier molecular flexibility index (Phi) is 7.37. The van der Waals surface area contributed by atoms with Gasteiger partial charge in [0.05, 0.1) is 16.8 Å². The highest BCUT2D eigenvalue weighted by molar-refractivity contribution is 7.18. The third-order valence-electron chi connectivity index (χ3n) is 4.07. The van der Waals surface area contributed by atoms with Gasteiger partial charge >= 0.3 is 0 Å². The van der Waals surface area contributed by atoms with E-state index in [-0.39, 0.29) is 24.8 Å². The molecule has 118 valence electrons. The molecule has 1 fully saturated rings. The van der Waals surface area contributed by atoms with Gasteiger partial charge < -0.3 is 5.73 Å². The molecule has 1 unspecified atom stereocenters. The van der Waals surface area contributed by atoms with Crippen molar-refractivity contribution in [1.82, 2.24) is 9.88 Å². The molecule has 3 rings (SSSR count). The number of aromatic nitrogens is 1. The van der Waals surface area contributed by atoms with Crippen LogP contribution in [0.25, 0.3) is 10.2 Å². The number of nitrogens with zero attached hydrogens (tertiary/aromatic N) is 2. The number of rotatable bonds is 3. The molecule has 0 amide bonds. The number of thiazole rings is 1. The van der Waals surface area contributed by atoms with E-state index in [9.17, 15) is 0 Å². The van der Waals surface area contributed by atoms with Crippen LogP contribution in [0.1, 0.15) is 24.8 Å². The highest BCUT2D eigenvalue weighted by atomic mass is 35.5. The quantitative estimate of drug-likeness (QED) is 0.920. The van der Waals surface area contributed by atoms with Gasteiger partial charge in [-0.2, -0.15) is 0 Å². The van der Waals surface area contributed by atoms with E-state index in [2.05, 4.69) is 36.1 Å². The van der Waals surface area contributed by atoms with Gasteiger partial charge in [0.15, 0.2) is 0 Å². The summed E-state index contributed by atoms with van der Waals surface area (Å²) in [7, 11) is 0. The molecule has 3 nitrogen and oxygen atoms in total. The zero-order valence-electron chi connectivity index (χ0n) is 12.2. The molecule has 0 bridgehead atoms. The summed E-state index contributed by atoms with van der Waals surface area (Å²) in [5, 5.41) is 1.24. The van der Waals surface area contributed by atoms with E-state index in [1.165, 1.54) is 22.5 Å². The number of nitrogens with two attached hydrogens (primary N) is 1. The SMILES string of the molecule is CC(N)C1CCN(Cc2nc3ccccc3s2)CC1.Cl.Cl. The van der Waals surface area contributed by atoms with Crippen molar-refractivity contribution in [1.29, 1.82) is 0 Å². The predicted molar refractivity (Wildman–Crippen MR) is 95.8 cm³/mol. The van der Waals surface area contributed by atoms with Gasteiger partial charge in [-0.05, 0) is 50.9 Å². The van der Waals surface area contributed by atoms with E-state index in [4.69, 9.17) is 10.7 Å². The van der Waals surface area contributed by atoms with Crippen molar-refractivity contribution in [3.05, 3.63) is 29.3 Å². The lowest BCUT2D eigenvalue weighted by Crippen LogP contribution is -2.39. The van der Waals surface area contributed by atoms with Gasteiger partial charge in [0, 0.05) is 6.04 Å². The summed E-state index contributed by atoms with van der Waals surface area (Å²) in [6.07, 6.45) is 2.45. The zero-order valence-corrected chi connectivity index (χ0v) is 14.6. The lowest BCUT2D eigenvalue weighted by molar-refractivity contribution is 0.165. The van der Waals surface area contributed by atoms with Gasteiger partial charge in [-0.15, -0.1) is 36.2 Å². The maximum absolute atomic E-state index is 5.99. The summed E-state index contributed by atoms with van der Waals surface area (Å²) in [5.74, 6) is 0.701. The number of likely N-dealkylation sites (tertiary alicyclic amines) is 1. The van der Waals surface area contributed by atoms with Gasteiger partial charge in [0.2, 0.25) is 0 Å². The predicted octanol–water partition coefficient (Wildman–Crippen LogP) is 3.70. The second-order valence-electron chi connectivity index (χ2n) is 5.55. The molecular weight excluding hydrogens is 325 g/mol. The number of fused-ring (bicyclic) bond motifs is 1. The fourth-order valence-corrected chi connectivity index (χ4v) is 3.83. The largest absolute Gasteiger partial charge is 0.328 e. The van der Waals surface area contributed by atoms with Crippen LogP contribution in [-0.4, -0.2) is 29.0 Å². The molecule has 21 heavy (non-hydrogen) atoms. The Balaban J connectivity index is 0.00000110. The van der Waals surface area contributed by atoms with Crippen LogP contribution in [0.15, 0.2) is 24.3 Å². The zero-order chi connectivity index (χ0) is 13.2. The van der Waals surface area contributed by atoms with E-state index >= 15 is 0 Å². The smallest absolute Gasteiger partial charge is 0.108 e. The minimum atomic E-state index is 0. The molecule has 0 radical (unpaired) electrons.